The molecular weight excluding hydrogens is 376 g/mol. The molecular formula is C21H27ClN4O2. The first-order valence-electron chi connectivity index (χ1n) is 10.0. The lowest BCUT2D eigenvalue weighted by molar-refractivity contribution is -0.139. The van der Waals surface area contributed by atoms with E-state index in [0.717, 1.165) is 23.7 Å². The second-order valence-corrected chi connectivity index (χ2v) is 8.32. The summed E-state index contributed by atoms with van der Waals surface area (Å²) in [4.78, 5) is 32.8. The molecule has 6 nitrogen and oxygen atoms in total. The number of H-pyrrole nitrogens is 1. The van der Waals surface area contributed by atoms with E-state index in [4.69, 9.17) is 5.73 Å². The van der Waals surface area contributed by atoms with Crippen LogP contribution in [0.5, 0.6) is 0 Å². The van der Waals surface area contributed by atoms with Gasteiger partial charge in [-0.2, -0.15) is 0 Å². The van der Waals surface area contributed by atoms with Crippen LogP contribution in [0.3, 0.4) is 0 Å². The van der Waals surface area contributed by atoms with Gasteiger partial charge in [0, 0.05) is 43.1 Å². The first-order chi connectivity index (χ1) is 13.1. The first-order valence-corrected chi connectivity index (χ1v) is 10.0. The summed E-state index contributed by atoms with van der Waals surface area (Å²) < 4.78 is 0. The third kappa shape index (κ3) is 3.08. The van der Waals surface area contributed by atoms with Gasteiger partial charge in [0.1, 0.15) is 5.69 Å². The Hall–Kier alpha value is -2.05. The van der Waals surface area contributed by atoms with Gasteiger partial charge in [-0.1, -0.05) is 18.2 Å². The van der Waals surface area contributed by atoms with Crippen molar-refractivity contribution < 1.29 is 9.59 Å². The van der Waals surface area contributed by atoms with Crippen LogP contribution in [0, 0.1) is 17.8 Å². The molecule has 28 heavy (non-hydrogen) atoms. The van der Waals surface area contributed by atoms with Gasteiger partial charge < -0.3 is 20.5 Å². The Bertz CT molecular complexity index is 854. The molecule has 1 aliphatic heterocycles. The average Bonchev–Trinajstić information content (AvgIpc) is 3.41. The zero-order chi connectivity index (χ0) is 18.5. The molecule has 0 radical (unpaired) electrons. The van der Waals surface area contributed by atoms with E-state index in [9.17, 15) is 9.59 Å². The second-order valence-electron chi connectivity index (χ2n) is 8.32. The van der Waals surface area contributed by atoms with Crippen LogP contribution < -0.4 is 5.73 Å². The predicted molar refractivity (Wildman–Crippen MR) is 110 cm³/mol. The minimum absolute atomic E-state index is 0. The number of carbonyl (C=O) groups excluding carboxylic acids is 2. The van der Waals surface area contributed by atoms with E-state index in [-0.39, 0.29) is 36.2 Å². The van der Waals surface area contributed by atoms with Crippen molar-refractivity contribution in [2.45, 2.75) is 25.3 Å². The number of nitrogens with two attached hydrogens (primary N) is 1. The molecule has 2 saturated carbocycles. The van der Waals surface area contributed by atoms with Crippen molar-refractivity contribution in [1.29, 1.82) is 0 Å². The summed E-state index contributed by atoms with van der Waals surface area (Å²) in [5.41, 5.74) is 7.93. The number of amides is 2. The van der Waals surface area contributed by atoms with E-state index in [1.54, 1.807) is 0 Å². The summed E-state index contributed by atoms with van der Waals surface area (Å²) in [6.07, 6.45) is 3.45. The highest BCUT2D eigenvalue weighted by Crippen LogP contribution is 2.48. The summed E-state index contributed by atoms with van der Waals surface area (Å²) in [5, 5.41) is 1.04. The molecule has 4 unspecified atom stereocenters. The quantitative estimate of drug-likeness (QED) is 0.808. The van der Waals surface area contributed by atoms with Crippen molar-refractivity contribution in [2.24, 2.45) is 23.5 Å². The van der Waals surface area contributed by atoms with Crippen LogP contribution in [-0.4, -0.2) is 58.8 Å². The van der Waals surface area contributed by atoms with Crippen molar-refractivity contribution in [2.75, 3.05) is 26.2 Å². The lowest BCUT2D eigenvalue weighted by Gasteiger charge is -2.38. The lowest BCUT2D eigenvalue weighted by Crippen LogP contribution is -2.54. The number of halogens is 1. The molecule has 1 aromatic carbocycles. The van der Waals surface area contributed by atoms with Crippen molar-refractivity contribution in [1.82, 2.24) is 14.8 Å². The maximum absolute atomic E-state index is 13.0. The largest absolute Gasteiger partial charge is 0.351 e. The van der Waals surface area contributed by atoms with E-state index in [0.29, 0.717) is 43.7 Å². The van der Waals surface area contributed by atoms with Gasteiger partial charge in [-0.15, -0.1) is 12.4 Å². The van der Waals surface area contributed by atoms with Gasteiger partial charge in [-0.05, 0) is 43.2 Å². The lowest BCUT2D eigenvalue weighted by atomic mass is 9.84. The SMILES string of the molecule is Cl.NC1C2CCC(C2)C1C(=O)N1CCN(C(=O)c2cc3ccccc3[nH]2)CC1. The standard InChI is InChI=1S/C21H26N4O2.ClH/c22-19-15-6-5-14(11-15)18(19)21(27)25-9-7-24(8-10-25)20(26)17-12-13-3-1-2-4-16(13)23-17;/h1-4,12,14-15,18-19,23H,5-11,22H2;1H. The summed E-state index contributed by atoms with van der Waals surface area (Å²) in [7, 11) is 0. The number of fused-ring (bicyclic) bond motifs is 3. The van der Waals surface area contributed by atoms with Gasteiger partial charge >= 0.3 is 0 Å². The van der Waals surface area contributed by atoms with Gasteiger partial charge in [0.2, 0.25) is 5.91 Å². The molecule has 2 amide bonds. The van der Waals surface area contributed by atoms with Crippen LogP contribution >= 0.6 is 12.4 Å². The third-order valence-corrected chi connectivity index (χ3v) is 6.90. The molecule has 7 heteroatoms. The van der Waals surface area contributed by atoms with E-state index in [1.165, 1.54) is 6.42 Å². The molecule has 3 aliphatic rings. The van der Waals surface area contributed by atoms with Gasteiger partial charge in [0.15, 0.2) is 0 Å². The first kappa shape index (κ1) is 19.3. The third-order valence-electron chi connectivity index (χ3n) is 6.90. The zero-order valence-electron chi connectivity index (χ0n) is 15.8. The van der Waals surface area contributed by atoms with Crippen molar-refractivity contribution >= 4 is 35.1 Å². The molecule has 150 valence electrons. The summed E-state index contributed by atoms with van der Waals surface area (Å²) in [6.45, 7) is 2.36. The van der Waals surface area contributed by atoms with E-state index >= 15 is 0 Å². The highest BCUT2D eigenvalue weighted by molar-refractivity contribution is 5.98. The summed E-state index contributed by atoms with van der Waals surface area (Å²) in [6, 6.07) is 9.83. The van der Waals surface area contributed by atoms with Gasteiger partial charge in [0.25, 0.3) is 5.91 Å². The molecule has 0 spiro atoms. The maximum atomic E-state index is 13.0. The van der Waals surface area contributed by atoms with Crippen LogP contribution in [-0.2, 0) is 4.79 Å². The molecule has 2 aromatic rings. The molecule has 5 rings (SSSR count). The smallest absolute Gasteiger partial charge is 0.270 e. The number of hydrogen-bond acceptors (Lipinski definition) is 3. The predicted octanol–water partition coefficient (Wildman–Crippen LogP) is 2.25. The minimum Gasteiger partial charge on any atom is -0.351 e. The fraction of sp³-hybridized carbons (Fsp3) is 0.524. The Balaban J connectivity index is 0.00000192. The molecule has 3 N–H and O–H groups in total. The van der Waals surface area contributed by atoms with Gasteiger partial charge in [-0.25, -0.2) is 0 Å². The Morgan fingerprint density at radius 3 is 2.36 bits per heavy atom. The number of nitrogens with zero attached hydrogens (tertiary/aromatic N) is 2. The van der Waals surface area contributed by atoms with Gasteiger partial charge in [-0.3, -0.25) is 9.59 Å². The molecule has 1 saturated heterocycles. The number of rotatable bonds is 2. The molecule has 4 atom stereocenters. The molecule has 2 heterocycles. The van der Waals surface area contributed by atoms with Crippen LogP contribution in [0.1, 0.15) is 29.8 Å². The number of aromatic nitrogens is 1. The van der Waals surface area contributed by atoms with Crippen LogP contribution in [0.2, 0.25) is 0 Å². The zero-order valence-corrected chi connectivity index (χ0v) is 16.7. The number of carbonyl (C=O) groups is 2. The van der Waals surface area contributed by atoms with Crippen LogP contribution in [0.4, 0.5) is 0 Å². The number of piperazine rings is 1. The number of nitrogens with one attached hydrogen (secondary N) is 1. The Labute approximate surface area is 170 Å². The van der Waals surface area contributed by atoms with E-state index in [2.05, 4.69) is 4.98 Å². The number of para-hydroxylation sites is 1. The fourth-order valence-corrected chi connectivity index (χ4v) is 5.40. The normalized spacial score (nSPS) is 29.2. The summed E-state index contributed by atoms with van der Waals surface area (Å²) in [5.74, 6) is 1.24. The summed E-state index contributed by atoms with van der Waals surface area (Å²) >= 11 is 0. The minimum atomic E-state index is -0.000271. The van der Waals surface area contributed by atoms with Crippen molar-refractivity contribution in [3.05, 3.63) is 36.0 Å². The monoisotopic (exact) mass is 402 g/mol. The highest BCUT2D eigenvalue weighted by Gasteiger charge is 2.50. The van der Waals surface area contributed by atoms with E-state index < -0.39 is 0 Å². The number of aromatic amines is 1. The Kier molecular flexibility index (Phi) is 5.10. The van der Waals surface area contributed by atoms with Crippen molar-refractivity contribution in [3.63, 3.8) is 0 Å². The van der Waals surface area contributed by atoms with Crippen molar-refractivity contribution in [3.8, 4) is 0 Å². The topological polar surface area (TPSA) is 82.4 Å². The molecule has 3 fully saturated rings. The highest BCUT2D eigenvalue weighted by atomic mass is 35.5. The molecule has 2 bridgehead atoms. The number of benzene rings is 1. The molecule has 2 aliphatic carbocycles. The van der Waals surface area contributed by atoms with Gasteiger partial charge in [0.05, 0.1) is 5.92 Å². The van der Waals surface area contributed by atoms with Crippen LogP contribution in [0.25, 0.3) is 10.9 Å². The van der Waals surface area contributed by atoms with Crippen LogP contribution in [0.15, 0.2) is 30.3 Å². The second kappa shape index (κ2) is 7.41. The number of hydrogen-bond donors (Lipinski definition) is 2. The Morgan fingerprint density at radius 2 is 1.68 bits per heavy atom. The maximum Gasteiger partial charge on any atom is 0.270 e. The average molecular weight is 403 g/mol. The van der Waals surface area contributed by atoms with E-state index in [1.807, 2.05) is 40.1 Å². The molecule has 1 aromatic heterocycles. The fourth-order valence-electron chi connectivity index (χ4n) is 5.40. The Morgan fingerprint density at radius 1 is 1.00 bits per heavy atom.